The molecule has 2 heterocycles. The lowest BCUT2D eigenvalue weighted by molar-refractivity contribution is -0.119. The lowest BCUT2D eigenvalue weighted by Gasteiger charge is -2.13. The van der Waals surface area contributed by atoms with Crippen molar-refractivity contribution in [1.82, 2.24) is 14.9 Å². The molecule has 3 amide bonds. The number of hydrogen-bond donors (Lipinski definition) is 2. The van der Waals surface area contributed by atoms with Crippen molar-refractivity contribution in [2.45, 2.75) is 37.2 Å². The summed E-state index contributed by atoms with van der Waals surface area (Å²) in [7, 11) is 0. The quantitative estimate of drug-likeness (QED) is 0.461. The summed E-state index contributed by atoms with van der Waals surface area (Å²) in [6.07, 6.45) is 2.42. The number of hydrogen-bond acceptors (Lipinski definition) is 6. The Morgan fingerprint density at radius 2 is 2.29 bits per heavy atom. The summed E-state index contributed by atoms with van der Waals surface area (Å²) in [6.45, 7) is 7.57. The number of primary amides is 1. The molecule has 0 aliphatic heterocycles. The number of nitrogens with two attached hydrogens (primary N) is 1. The molecule has 0 aliphatic carbocycles. The van der Waals surface area contributed by atoms with E-state index in [1.165, 1.54) is 15.9 Å². The number of amides is 3. The predicted octanol–water partition coefficient (Wildman–Crippen LogP) is 1.88. The second-order valence-electron chi connectivity index (χ2n) is 5.00. The lowest BCUT2D eigenvalue weighted by Crippen LogP contribution is -2.39. The Morgan fingerprint density at radius 3 is 2.88 bits per heavy atom. The average Bonchev–Trinajstić information content (AvgIpc) is 2.93. The van der Waals surface area contributed by atoms with Gasteiger partial charge >= 0.3 is 6.03 Å². The van der Waals surface area contributed by atoms with E-state index in [0.29, 0.717) is 15.4 Å². The van der Waals surface area contributed by atoms with Gasteiger partial charge < -0.3 is 5.73 Å². The van der Waals surface area contributed by atoms with E-state index in [1.54, 1.807) is 13.0 Å². The van der Waals surface area contributed by atoms with Crippen LogP contribution in [0, 0.1) is 0 Å². The Balaban J connectivity index is 2.45. The van der Waals surface area contributed by atoms with Crippen LogP contribution >= 0.6 is 23.1 Å². The van der Waals surface area contributed by atoms with Crippen LogP contribution in [-0.4, -0.2) is 26.7 Å². The molecule has 0 saturated carbocycles. The van der Waals surface area contributed by atoms with Crippen molar-refractivity contribution in [2.75, 3.05) is 0 Å². The third kappa shape index (κ3) is 3.85. The number of nitrogens with one attached hydrogen (secondary N) is 1. The molecule has 7 nitrogen and oxygen atoms in total. The molecule has 2 aromatic heterocycles. The highest BCUT2D eigenvalue weighted by Crippen LogP contribution is 2.27. The minimum Gasteiger partial charge on any atom is -0.351 e. The van der Waals surface area contributed by atoms with Crippen molar-refractivity contribution in [3.05, 3.63) is 34.0 Å². The van der Waals surface area contributed by atoms with Gasteiger partial charge in [0.1, 0.15) is 4.83 Å². The molecule has 0 aromatic carbocycles. The van der Waals surface area contributed by atoms with E-state index in [4.69, 9.17) is 5.73 Å². The van der Waals surface area contributed by atoms with E-state index in [1.807, 2.05) is 18.3 Å². The third-order valence-electron chi connectivity index (χ3n) is 3.23. The third-order valence-corrected chi connectivity index (χ3v) is 5.49. The molecule has 2 aromatic rings. The fourth-order valence-electron chi connectivity index (χ4n) is 2.04. The van der Waals surface area contributed by atoms with Gasteiger partial charge in [-0.25, -0.2) is 9.78 Å². The lowest BCUT2D eigenvalue weighted by atomic mass is 10.3. The van der Waals surface area contributed by atoms with Gasteiger partial charge in [0.2, 0.25) is 5.91 Å². The SMILES string of the molecule is C=CCn1c(S[C@H](C)C(=O)NC(N)=O)nc2sc(CC)cc2c1=O. The Hall–Kier alpha value is -2.13. The number of thioether (sulfide) groups is 1. The van der Waals surface area contributed by atoms with Gasteiger partial charge in [-0.2, -0.15) is 0 Å². The maximum Gasteiger partial charge on any atom is 0.318 e. The summed E-state index contributed by atoms with van der Waals surface area (Å²) >= 11 is 2.56. The largest absolute Gasteiger partial charge is 0.351 e. The van der Waals surface area contributed by atoms with E-state index in [0.717, 1.165) is 23.1 Å². The standard InChI is InChI=1S/C15H18N4O3S2/c1-4-6-19-13(21)10-7-9(5-2)24-12(10)18-15(19)23-8(3)11(20)17-14(16)22/h4,7-8H,1,5-6H2,2-3H3,(H3,16,17,20,22)/t8-/m1/s1. The molecule has 24 heavy (non-hydrogen) atoms. The van der Waals surface area contributed by atoms with Gasteiger partial charge in [-0.1, -0.05) is 24.8 Å². The number of nitrogens with zero attached hydrogens (tertiary/aromatic N) is 2. The zero-order chi connectivity index (χ0) is 17.9. The van der Waals surface area contributed by atoms with Crippen molar-refractivity contribution < 1.29 is 9.59 Å². The van der Waals surface area contributed by atoms with Gasteiger partial charge in [-0.3, -0.25) is 19.5 Å². The first-order valence-corrected chi connectivity index (χ1v) is 8.98. The molecule has 0 unspecified atom stereocenters. The normalized spacial score (nSPS) is 12.1. The van der Waals surface area contributed by atoms with Gasteiger partial charge in [-0.15, -0.1) is 17.9 Å². The van der Waals surface area contributed by atoms with Crippen molar-refractivity contribution in [3.8, 4) is 0 Å². The molecule has 128 valence electrons. The van der Waals surface area contributed by atoms with E-state index < -0.39 is 17.2 Å². The molecule has 0 radical (unpaired) electrons. The Bertz CT molecular complexity index is 856. The first kappa shape index (κ1) is 18.2. The van der Waals surface area contributed by atoms with Crippen LogP contribution in [0.2, 0.25) is 0 Å². The fraction of sp³-hybridized carbons (Fsp3) is 0.333. The number of carbonyl (C=O) groups is 2. The minimum absolute atomic E-state index is 0.166. The number of imide groups is 1. The number of thiophene rings is 1. The molecule has 0 fully saturated rings. The number of urea groups is 1. The maximum atomic E-state index is 12.7. The van der Waals surface area contributed by atoms with E-state index in [2.05, 4.69) is 11.6 Å². The molecular formula is C15H18N4O3S2. The molecule has 1 atom stereocenters. The van der Waals surface area contributed by atoms with Gasteiger partial charge in [0.15, 0.2) is 5.16 Å². The van der Waals surface area contributed by atoms with Crippen molar-refractivity contribution in [2.24, 2.45) is 5.73 Å². The van der Waals surface area contributed by atoms with Crippen LogP contribution < -0.4 is 16.6 Å². The molecule has 0 bridgehead atoms. The Labute approximate surface area is 146 Å². The monoisotopic (exact) mass is 366 g/mol. The smallest absolute Gasteiger partial charge is 0.318 e. The zero-order valence-electron chi connectivity index (χ0n) is 13.4. The Kier molecular flexibility index (Phi) is 5.79. The number of fused-ring (bicyclic) bond motifs is 1. The second-order valence-corrected chi connectivity index (χ2v) is 7.42. The van der Waals surface area contributed by atoms with Crippen LogP contribution in [0.25, 0.3) is 10.2 Å². The molecule has 3 N–H and O–H groups in total. The molecule has 2 rings (SSSR count). The van der Waals surface area contributed by atoms with E-state index in [9.17, 15) is 14.4 Å². The zero-order valence-corrected chi connectivity index (χ0v) is 15.0. The van der Waals surface area contributed by atoms with Crippen LogP contribution in [0.4, 0.5) is 4.79 Å². The first-order valence-electron chi connectivity index (χ1n) is 7.28. The summed E-state index contributed by atoms with van der Waals surface area (Å²) < 4.78 is 1.47. The number of allylic oxidation sites excluding steroid dienone is 1. The predicted molar refractivity (Wildman–Crippen MR) is 96.5 cm³/mol. The minimum atomic E-state index is -0.912. The number of aryl methyl sites for hydroxylation is 1. The average molecular weight is 366 g/mol. The number of carbonyl (C=O) groups excluding carboxylic acids is 2. The topological polar surface area (TPSA) is 107 Å². The highest BCUT2D eigenvalue weighted by Gasteiger charge is 2.20. The summed E-state index contributed by atoms with van der Waals surface area (Å²) in [5, 5.41) is 2.36. The van der Waals surface area contributed by atoms with Crippen LogP contribution in [-0.2, 0) is 17.8 Å². The molecule has 9 heteroatoms. The molecule has 0 spiro atoms. The number of rotatable bonds is 6. The fourth-order valence-corrected chi connectivity index (χ4v) is 3.96. The van der Waals surface area contributed by atoms with Crippen LogP contribution in [0.15, 0.2) is 28.7 Å². The molecular weight excluding hydrogens is 348 g/mol. The maximum absolute atomic E-state index is 12.7. The highest BCUT2D eigenvalue weighted by atomic mass is 32.2. The van der Waals surface area contributed by atoms with E-state index in [-0.39, 0.29) is 12.1 Å². The first-order chi connectivity index (χ1) is 11.4. The highest BCUT2D eigenvalue weighted by molar-refractivity contribution is 8.00. The van der Waals surface area contributed by atoms with Gasteiger partial charge in [0, 0.05) is 11.4 Å². The number of aromatic nitrogens is 2. The summed E-state index contributed by atoms with van der Waals surface area (Å²) in [5.74, 6) is -0.535. The van der Waals surface area contributed by atoms with Crippen molar-refractivity contribution in [3.63, 3.8) is 0 Å². The summed E-state index contributed by atoms with van der Waals surface area (Å²) in [6, 6.07) is 0.942. The summed E-state index contributed by atoms with van der Waals surface area (Å²) in [4.78, 5) is 41.6. The van der Waals surface area contributed by atoms with Crippen LogP contribution in [0.3, 0.4) is 0 Å². The van der Waals surface area contributed by atoms with Gasteiger partial charge in [0.05, 0.1) is 10.6 Å². The van der Waals surface area contributed by atoms with Gasteiger partial charge in [-0.05, 0) is 19.4 Å². The Morgan fingerprint density at radius 1 is 1.58 bits per heavy atom. The van der Waals surface area contributed by atoms with Crippen molar-refractivity contribution >= 4 is 45.3 Å². The van der Waals surface area contributed by atoms with Crippen LogP contribution in [0.5, 0.6) is 0 Å². The van der Waals surface area contributed by atoms with E-state index >= 15 is 0 Å². The van der Waals surface area contributed by atoms with Gasteiger partial charge in [0.25, 0.3) is 5.56 Å². The molecule has 0 saturated heterocycles. The van der Waals surface area contributed by atoms with Crippen LogP contribution in [0.1, 0.15) is 18.7 Å². The van der Waals surface area contributed by atoms with Crippen molar-refractivity contribution in [1.29, 1.82) is 0 Å². The summed E-state index contributed by atoms with van der Waals surface area (Å²) in [5.41, 5.74) is 4.79. The second kappa shape index (κ2) is 7.63. The molecule has 0 aliphatic rings.